The number of benzene rings is 1. The number of anilines is 2. The van der Waals surface area contributed by atoms with Crippen LogP contribution in [0.2, 0.25) is 5.02 Å². The van der Waals surface area contributed by atoms with E-state index in [1.807, 2.05) is 18.2 Å². The number of halogens is 1. The highest BCUT2D eigenvalue weighted by Crippen LogP contribution is 2.33. The van der Waals surface area contributed by atoms with Gasteiger partial charge < -0.3 is 10.6 Å². The Balaban J connectivity index is 1.88. The molecular formula is C14H20ClN3. The zero-order chi connectivity index (χ0) is 12.7. The summed E-state index contributed by atoms with van der Waals surface area (Å²) in [5.41, 5.74) is 8.04. The van der Waals surface area contributed by atoms with E-state index in [4.69, 9.17) is 17.3 Å². The molecule has 2 aliphatic heterocycles. The Morgan fingerprint density at radius 1 is 1.33 bits per heavy atom. The van der Waals surface area contributed by atoms with Gasteiger partial charge in [0, 0.05) is 30.2 Å². The quantitative estimate of drug-likeness (QED) is 0.793. The first-order valence-corrected chi connectivity index (χ1v) is 7.08. The molecule has 0 aliphatic carbocycles. The third-order valence-corrected chi connectivity index (χ3v) is 4.47. The Kier molecular flexibility index (Phi) is 3.12. The zero-order valence-corrected chi connectivity index (χ0v) is 11.5. The number of piperazine rings is 1. The second kappa shape index (κ2) is 4.63. The van der Waals surface area contributed by atoms with Crippen molar-refractivity contribution in [2.75, 3.05) is 30.3 Å². The van der Waals surface area contributed by atoms with Crippen molar-refractivity contribution in [3.05, 3.63) is 23.2 Å². The first kappa shape index (κ1) is 12.1. The molecule has 2 heterocycles. The molecule has 1 aromatic rings. The maximum Gasteiger partial charge on any atom is 0.0618 e. The molecule has 0 spiro atoms. The molecule has 98 valence electrons. The molecule has 2 saturated heterocycles. The summed E-state index contributed by atoms with van der Waals surface area (Å²) in [6.45, 7) is 5.74. The van der Waals surface area contributed by atoms with E-state index < -0.39 is 0 Å². The van der Waals surface area contributed by atoms with E-state index in [9.17, 15) is 0 Å². The summed E-state index contributed by atoms with van der Waals surface area (Å²) in [7, 11) is 0. The number of hydrogen-bond acceptors (Lipinski definition) is 3. The average molecular weight is 266 g/mol. The van der Waals surface area contributed by atoms with Crippen molar-refractivity contribution in [1.82, 2.24) is 4.90 Å². The number of nitrogens with zero attached hydrogens (tertiary/aromatic N) is 2. The van der Waals surface area contributed by atoms with Gasteiger partial charge in [0.2, 0.25) is 0 Å². The summed E-state index contributed by atoms with van der Waals surface area (Å²) in [4.78, 5) is 5.04. The van der Waals surface area contributed by atoms with Crippen LogP contribution in [0.5, 0.6) is 0 Å². The van der Waals surface area contributed by atoms with Crippen LogP contribution >= 0.6 is 11.6 Å². The van der Waals surface area contributed by atoms with Gasteiger partial charge in [0.15, 0.2) is 0 Å². The van der Waals surface area contributed by atoms with Gasteiger partial charge in [-0.15, -0.1) is 0 Å². The molecule has 0 radical (unpaired) electrons. The Hall–Kier alpha value is -0.930. The van der Waals surface area contributed by atoms with Crippen LogP contribution in [-0.4, -0.2) is 36.6 Å². The highest BCUT2D eigenvalue weighted by molar-refractivity contribution is 6.31. The van der Waals surface area contributed by atoms with E-state index in [-0.39, 0.29) is 0 Å². The fourth-order valence-corrected chi connectivity index (χ4v) is 3.45. The molecule has 1 aromatic carbocycles. The monoisotopic (exact) mass is 265 g/mol. The molecular weight excluding hydrogens is 246 g/mol. The van der Waals surface area contributed by atoms with Crippen molar-refractivity contribution in [3.8, 4) is 0 Å². The maximum atomic E-state index is 6.11. The molecule has 2 N–H and O–H groups in total. The van der Waals surface area contributed by atoms with Gasteiger partial charge in [-0.3, -0.25) is 4.90 Å². The molecule has 0 bridgehead atoms. The minimum Gasteiger partial charge on any atom is -0.397 e. The standard InChI is InChI=1S/C14H20ClN3/c1-10-8-17-6-2-3-12(17)9-18(10)14-7-11(15)4-5-13(14)16/h4-5,7,10,12H,2-3,6,8-9,16H2,1H3. The topological polar surface area (TPSA) is 32.5 Å². The highest BCUT2D eigenvalue weighted by Gasteiger charge is 2.34. The largest absolute Gasteiger partial charge is 0.397 e. The van der Waals surface area contributed by atoms with E-state index in [1.165, 1.54) is 19.4 Å². The van der Waals surface area contributed by atoms with Crippen LogP contribution in [0.3, 0.4) is 0 Å². The maximum absolute atomic E-state index is 6.11. The van der Waals surface area contributed by atoms with E-state index in [0.717, 1.165) is 29.5 Å². The minimum absolute atomic E-state index is 0.500. The summed E-state index contributed by atoms with van der Waals surface area (Å²) in [5, 5.41) is 0.764. The first-order valence-electron chi connectivity index (χ1n) is 6.71. The fourth-order valence-electron chi connectivity index (χ4n) is 3.29. The third kappa shape index (κ3) is 2.06. The molecule has 0 saturated carbocycles. The van der Waals surface area contributed by atoms with Gasteiger partial charge in [0.25, 0.3) is 0 Å². The lowest BCUT2D eigenvalue weighted by atomic mass is 10.1. The SMILES string of the molecule is CC1CN2CCCC2CN1c1cc(Cl)ccc1N. The number of hydrogen-bond donors (Lipinski definition) is 1. The highest BCUT2D eigenvalue weighted by atomic mass is 35.5. The Morgan fingerprint density at radius 2 is 2.17 bits per heavy atom. The molecule has 2 atom stereocenters. The summed E-state index contributed by atoms with van der Waals surface area (Å²) in [5.74, 6) is 0. The van der Waals surface area contributed by atoms with Gasteiger partial charge in [-0.05, 0) is 44.5 Å². The van der Waals surface area contributed by atoms with Crippen LogP contribution < -0.4 is 10.6 Å². The fraction of sp³-hybridized carbons (Fsp3) is 0.571. The second-order valence-electron chi connectivity index (χ2n) is 5.50. The molecule has 2 fully saturated rings. The summed E-state index contributed by atoms with van der Waals surface area (Å²) in [6.07, 6.45) is 2.64. The minimum atomic E-state index is 0.500. The molecule has 0 amide bonds. The molecule has 2 unspecified atom stereocenters. The van der Waals surface area contributed by atoms with Crippen LogP contribution in [0.25, 0.3) is 0 Å². The molecule has 3 rings (SSSR count). The molecule has 0 aromatic heterocycles. The van der Waals surface area contributed by atoms with Crippen molar-refractivity contribution in [3.63, 3.8) is 0 Å². The van der Waals surface area contributed by atoms with Gasteiger partial charge >= 0.3 is 0 Å². The van der Waals surface area contributed by atoms with Crippen LogP contribution in [-0.2, 0) is 0 Å². The zero-order valence-electron chi connectivity index (χ0n) is 10.8. The number of fused-ring (bicyclic) bond motifs is 1. The van der Waals surface area contributed by atoms with Crippen molar-refractivity contribution in [2.45, 2.75) is 31.8 Å². The summed E-state index contributed by atoms with van der Waals surface area (Å²) < 4.78 is 0. The van der Waals surface area contributed by atoms with Crippen molar-refractivity contribution < 1.29 is 0 Å². The van der Waals surface area contributed by atoms with Gasteiger partial charge in [-0.1, -0.05) is 11.6 Å². The lowest BCUT2D eigenvalue weighted by molar-refractivity contribution is 0.203. The summed E-state index contributed by atoms with van der Waals surface area (Å²) >= 11 is 6.10. The van der Waals surface area contributed by atoms with Gasteiger partial charge in [-0.25, -0.2) is 0 Å². The number of rotatable bonds is 1. The average Bonchev–Trinajstić information content (AvgIpc) is 2.78. The van der Waals surface area contributed by atoms with Gasteiger partial charge in [0.1, 0.15) is 0 Å². The molecule has 2 aliphatic rings. The van der Waals surface area contributed by atoms with E-state index in [2.05, 4.69) is 16.7 Å². The molecule has 3 nitrogen and oxygen atoms in total. The first-order chi connectivity index (χ1) is 8.65. The van der Waals surface area contributed by atoms with Gasteiger partial charge in [-0.2, -0.15) is 0 Å². The summed E-state index contributed by atoms with van der Waals surface area (Å²) in [6, 6.07) is 6.96. The Morgan fingerprint density at radius 3 is 3.00 bits per heavy atom. The smallest absolute Gasteiger partial charge is 0.0618 e. The van der Waals surface area contributed by atoms with E-state index in [1.54, 1.807) is 0 Å². The van der Waals surface area contributed by atoms with Crippen molar-refractivity contribution in [2.24, 2.45) is 0 Å². The molecule has 18 heavy (non-hydrogen) atoms. The van der Waals surface area contributed by atoms with Crippen molar-refractivity contribution in [1.29, 1.82) is 0 Å². The number of nitrogen functional groups attached to an aromatic ring is 1. The predicted octanol–water partition coefficient (Wildman–Crippen LogP) is 2.60. The number of nitrogens with two attached hydrogens (primary N) is 1. The van der Waals surface area contributed by atoms with Crippen molar-refractivity contribution >= 4 is 23.0 Å². The third-order valence-electron chi connectivity index (χ3n) is 4.24. The van der Waals surface area contributed by atoms with Crippen LogP contribution in [0.15, 0.2) is 18.2 Å². The predicted molar refractivity (Wildman–Crippen MR) is 77.3 cm³/mol. The van der Waals surface area contributed by atoms with E-state index in [0.29, 0.717) is 12.1 Å². The van der Waals surface area contributed by atoms with Crippen LogP contribution in [0.1, 0.15) is 19.8 Å². The molecule has 4 heteroatoms. The van der Waals surface area contributed by atoms with Crippen LogP contribution in [0.4, 0.5) is 11.4 Å². The second-order valence-corrected chi connectivity index (χ2v) is 5.93. The lowest BCUT2D eigenvalue weighted by Crippen LogP contribution is -2.55. The normalized spacial score (nSPS) is 28.4. The Labute approximate surface area is 114 Å². The van der Waals surface area contributed by atoms with Crippen LogP contribution in [0, 0.1) is 0 Å². The Bertz CT molecular complexity index is 449. The lowest BCUT2D eigenvalue weighted by Gasteiger charge is -2.44. The van der Waals surface area contributed by atoms with Gasteiger partial charge in [0.05, 0.1) is 11.4 Å². The van der Waals surface area contributed by atoms with E-state index >= 15 is 0 Å².